The number of ether oxygens (including phenoxy) is 1. The highest BCUT2D eigenvalue weighted by atomic mass is 35.5. The molecule has 27 heavy (non-hydrogen) atoms. The van der Waals surface area contributed by atoms with E-state index in [4.69, 9.17) is 16.3 Å². The Bertz CT molecular complexity index is 890. The molecule has 0 aliphatic carbocycles. The third-order valence-electron chi connectivity index (χ3n) is 4.46. The molecule has 2 aromatic rings. The van der Waals surface area contributed by atoms with Gasteiger partial charge in [0.2, 0.25) is 5.91 Å². The summed E-state index contributed by atoms with van der Waals surface area (Å²) in [5.41, 5.74) is 1.40. The fourth-order valence-electron chi connectivity index (χ4n) is 3.16. The van der Waals surface area contributed by atoms with E-state index in [1.165, 1.54) is 6.07 Å². The van der Waals surface area contributed by atoms with Crippen LogP contribution in [0.3, 0.4) is 0 Å². The third kappa shape index (κ3) is 3.95. The Hall–Kier alpha value is -2.87. The van der Waals surface area contributed by atoms with E-state index in [2.05, 4.69) is 10.3 Å². The van der Waals surface area contributed by atoms with Gasteiger partial charge in [0.25, 0.3) is 5.69 Å². The van der Waals surface area contributed by atoms with E-state index in [-0.39, 0.29) is 16.6 Å². The van der Waals surface area contributed by atoms with E-state index in [9.17, 15) is 14.9 Å². The number of nitrogens with one attached hydrogen (secondary N) is 1. The molecule has 1 N–H and O–H groups in total. The van der Waals surface area contributed by atoms with Crippen LogP contribution in [0.5, 0.6) is 5.75 Å². The molecule has 1 fully saturated rings. The summed E-state index contributed by atoms with van der Waals surface area (Å²) in [7, 11) is 1.54. The van der Waals surface area contributed by atoms with Crippen molar-refractivity contribution in [1.82, 2.24) is 4.98 Å². The maximum Gasteiger partial charge on any atom is 0.289 e. The summed E-state index contributed by atoms with van der Waals surface area (Å²) >= 11 is 6.19. The molecule has 0 spiro atoms. The Morgan fingerprint density at radius 1 is 1.44 bits per heavy atom. The van der Waals surface area contributed by atoms with Crippen LogP contribution in [0.15, 0.2) is 30.5 Å². The van der Waals surface area contributed by atoms with Crippen molar-refractivity contribution in [1.29, 1.82) is 0 Å². The fraction of sp³-hybridized carbons (Fsp3) is 0.333. The molecular weight excluding hydrogens is 372 g/mol. The standard InChI is InChI=1S/C18H19ClN4O4/c1-11-5-6-16(27-2)14(8-11)21-18(24)15-4-3-7-22(15)17-13(19)9-12(10-20-17)23(25)26/h5-6,8-10,15H,3-4,7H2,1-2H3,(H,21,24). The number of anilines is 2. The predicted octanol–water partition coefficient (Wildman–Crippen LogP) is 3.57. The molecule has 1 aliphatic heterocycles. The van der Waals surface area contributed by atoms with E-state index in [0.29, 0.717) is 30.2 Å². The van der Waals surface area contributed by atoms with Crippen molar-refractivity contribution in [2.24, 2.45) is 0 Å². The van der Waals surface area contributed by atoms with Crippen molar-refractivity contribution in [3.63, 3.8) is 0 Å². The molecule has 0 bridgehead atoms. The minimum Gasteiger partial charge on any atom is -0.495 e. The van der Waals surface area contributed by atoms with Gasteiger partial charge in [0.1, 0.15) is 23.8 Å². The second-order valence-electron chi connectivity index (χ2n) is 6.30. The Balaban J connectivity index is 1.83. The van der Waals surface area contributed by atoms with E-state index in [0.717, 1.165) is 18.2 Å². The number of nitrogens with zero attached hydrogens (tertiary/aromatic N) is 3. The molecule has 1 unspecified atom stereocenters. The molecule has 9 heteroatoms. The molecule has 1 amide bonds. The largest absolute Gasteiger partial charge is 0.495 e. The minimum atomic E-state index is -0.555. The van der Waals surface area contributed by atoms with Crippen molar-refractivity contribution in [2.75, 3.05) is 23.9 Å². The number of aromatic nitrogens is 1. The SMILES string of the molecule is COc1ccc(C)cc1NC(=O)C1CCCN1c1ncc([N+](=O)[O-])cc1Cl. The molecule has 1 atom stereocenters. The van der Waals surface area contributed by atoms with Crippen molar-refractivity contribution in [2.45, 2.75) is 25.8 Å². The number of hydrogen-bond acceptors (Lipinski definition) is 6. The van der Waals surface area contributed by atoms with Gasteiger partial charge >= 0.3 is 0 Å². The Kier molecular flexibility index (Phi) is 5.46. The zero-order chi connectivity index (χ0) is 19.6. The van der Waals surface area contributed by atoms with Crippen LogP contribution in [0.2, 0.25) is 5.02 Å². The van der Waals surface area contributed by atoms with Crippen LogP contribution in [-0.2, 0) is 4.79 Å². The quantitative estimate of drug-likeness (QED) is 0.619. The number of rotatable bonds is 5. The summed E-state index contributed by atoms with van der Waals surface area (Å²) in [6.45, 7) is 2.52. The van der Waals surface area contributed by atoms with Crippen LogP contribution in [-0.4, -0.2) is 35.5 Å². The third-order valence-corrected chi connectivity index (χ3v) is 4.74. The highest BCUT2D eigenvalue weighted by Crippen LogP contribution is 2.33. The predicted molar refractivity (Wildman–Crippen MR) is 103 cm³/mol. The van der Waals surface area contributed by atoms with Gasteiger partial charge in [-0.2, -0.15) is 0 Å². The van der Waals surface area contributed by atoms with E-state index in [1.807, 2.05) is 19.1 Å². The van der Waals surface area contributed by atoms with Crippen LogP contribution in [0.1, 0.15) is 18.4 Å². The Labute approximate surface area is 161 Å². The van der Waals surface area contributed by atoms with Gasteiger partial charge in [-0.1, -0.05) is 17.7 Å². The Morgan fingerprint density at radius 2 is 2.22 bits per heavy atom. The van der Waals surface area contributed by atoms with Gasteiger partial charge in [0.05, 0.1) is 22.7 Å². The molecule has 1 aromatic carbocycles. The van der Waals surface area contributed by atoms with Crippen LogP contribution >= 0.6 is 11.6 Å². The summed E-state index contributed by atoms with van der Waals surface area (Å²) in [5.74, 6) is 0.744. The molecular formula is C18H19ClN4O4. The first-order chi connectivity index (χ1) is 12.9. The first-order valence-electron chi connectivity index (χ1n) is 8.43. The number of carbonyl (C=O) groups excluding carboxylic acids is 1. The normalized spacial score (nSPS) is 16.3. The van der Waals surface area contributed by atoms with Crippen LogP contribution in [0.25, 0.3) is 0 Å². The Morgan fingerprint density at radius 3 is 2.89 bits per heavy atom. The molecule has 142 valence electrons. The maximum atomic E-state index is 12.9. The zero-order valence-electron chi connectivity index (χ0n) is 14.9. The molecule has 1 aromatic heterocycles. The van der Waals surface area contributed by atoms with Gasteiger partial charge in [-0.15, -0.1) is 0 Å². The molecule has 0 saturated carbocycles. The highest BCUT2D eigenvalue weighted by Gasteiger charge is 2.33. The average molecular weight is 391 g/mol. The van der Waals surface area contributed by atoms with Crippen molar-refractivity contribution < 1.29 is 14.5 Å². The molecule has 1 saturated heterocycles. The molecule has 2 heterocycles. The second kappa shape index (κ2) is 7.79. The second-order valence-corrected chi connectivity index (χ2v) is 6.71. The highest BCUT2D eigenvalue weighted by molar-refractivity contribution is 6.33. The van der Waals surface area contributed by atoms with E-state index >= 15 is 0 Å². The first kappa shape index (κ1) is 18.9. The number of carbonyl (C=O) groups is 1. The summed E-state index contributed by atoms with van der Waals surface area (Å²) in [4.78, 5) is 29.1. The van der Waals surface area contributed by atoms with Gasteiger partial charge < -0.3 is 15.0 Å². The maximum absolute atomic E-state index is 12.9. The molecule has 3 rings (SSSR count). The summed E-state index contributed by atoms with van der Waals surface area (Å²) in [6.07, 6.45) is 2.57. The van der Waals surface area contributed by atoms with Gasteiger partial charge in [-0.3, -0.25) is 14.9 Å². The lowest BCUT2D eigenvalue weighted by molar-refractivity contribution is -0.385. The number of amides is 1. The number of pyridine rings is 1. The summed E-state index contributed by atoms with van der Waals surface area (Å²) in [5, 5.41) is 13.9. The van der Waals surface area contributed by atoms with Gasteiger partial charge in [0, 0.05) is 12.6 Å². The van der Waals surface area contributed by atoms with Crippen molar-refractivity contribution in [3.8, 4) is 5.75 Å². The monoisotopic (exact) mass is 390 g/mol. The number of benzene rings is 1. The van der Waals surface area contributed by atoms with Gasteiger partial charge in [-0.05, 0) is 37.5 Å². The average Bonchev–Trinajstić information content (AvgIpc) is 3.11. The van der Waals surface area contributed by atoms with E-state index < -0.39 is 11.0 Å². The number of nitro groups is 1. The summed E-state index contributed by atoms with van der Waals surface area (Å²) in [6, 6.07) is 6.32. The van der Waals surface area contributed by atoms with Crippen LogP contribution in [0, 0.1) is 17.0 Å². The molecule has 8 nitrogen and oxygen atoms in total. The molecule has 0 radical (unpaired) electrons. The van der Waals surface area contributed by atoms with E-state index in [1.54, 1.807) is 18.1 Å². The lowest BCUT2D eigenvalue weighted by Gasteiger charge is -2.25. The zero-order valence-corrected chi connectivity index (χ0v) is 15.7. The summed E-state index contributed by atoms with van der Waals surface area (Å²) < 4.78 is 5.30. The van der Waals surface area contributed by atoms with Gasteiger partial charge in [0.15, 0.2) is 0 Å². The van der Waals surface area contributed by atoms with Crippen molar-refractivity contribution >= 4 is 34.7 Å². The number of halogens is 1. The molecule has 1 aliphatic rings. The number of methoxy groups -OCH3 is 1. The first-order valence-corrected chi connectivity index (χ1v) is 8.80. The minimum absolute atomic E-state index is 0.150. The number of aryl methyl sites for hydroxylation is 1. The topological polar surface area (TPSA) is 97.6 Å². The lowest BCUT2D eigenvalue weighted by Crippen LogP contribution is -2.40. The van der Waals surface area contributed by atoms with Crippen LogP contribution < -0.4 is 15.0 Å². The number of hydrogen-bond donors (Lipinski definition) is 1. The van der Waals surface area contributed by atoms with Crippen LogP contribution in [0.4, 0.5) is 17.2 Å². The van der Waals surface area contributed by atoms with Crippen molar-refractivity contribution in [3.05, 3.63) is 51.2 Å². The fourth-order valence-corrected chi connectivity index (χ4v) is 3.43. The lowest BCUT2D eigenvalue weighted by atomic mass is 10.1. The van der Waals surface area contributed by atoms with Gasteiger partial charge in [-0.25, -0.2) is 4.98 Å². The smallest absolute Gasteiger partial charge is 0.289 e.